The van der Waals surface area contributed by atoms with Crippen molar-refractivity contribution in [2.75, 3.05) is 20.2 Å². The average Bonchev–Trinajstić information content (AvgIpc) is 2.28. The minimum atomic E-state index is -0.825. The van der Waals surface area contributed by atoms with Gasteiger partial charge in [-0.05, 0) is 19.4 Å². The number of carboxylic acids is 1. The largest absolute Gasteiger partial charge is 0.481 e. The summed E-state index contributed by atoms with van der Waals surface area (Å²) in [4.78, 5) is 24.2. The lowest BCUT2D eigenvalue weighted by Gasteiger charge is -2.34. The summed E-state index contributed by atoms with van der Waals surface area (Å²) in [6, 6.07) is -0.263. The molecule has 0 aromatic rings. The maximum absolute atomic E-state index is 11.5. The molecule has 2 atom stereocenters. The minimum Gasteiger partial charge on any atom is -0.481 e. The van der Waals surface area contributed by atoms with E-state index in [1.54, 1.807) is 6.92 Å². The SMILES string of the molecule is COC(=O)[C@H]1CCCCN1CC(C)C(=O)O. The average molecular weight is 229 g/mol. The fourth-order valence-electron chi connectivity index (χ4n) is 2.04. The molecule has 1 heterocycles. The Morgan fingerprint density at radius 2 is 2.19 bits per heavy atom. The summed E-state index contributed by atoms with van der Waals surface area (Å²) in [5.41, 5.74) is 0. The van der Waals surface area contributed by atoms with Crippen LogP contribution in [0.25, 0.3) is 0 Å². The van der Waals surface area contributed by atoms with E-state index in [1.165, 1.54) is 7.11 Å². The van der Waals surface area contributed by atoms with Gasteiger partial charge in [0.2, 0.25) is 0 Å². The van der Waals surface area contributed by atoms with Crippen molar-refractivity contribution in [3.05, 3.63) is 0 Å². The number of hydrogen-bond acceptors (Lipinski definition) is 4. The molecule has 0 aliphatic carbocycles. The molecule has 0 saturated carbocycles. The van der Waals surface area contributed by atoms with Gasteiger partial charge in [-0.1, -0.05) is 13.3 Å². The van der Waals surface area contributed by atoms with Crippen LogP contribution in [0, 0.1) is 5.92 Å². The number of hydrogen-bond donors (Lipinski definition) is 1. The zero-order valence-corrected chi connectivity index (χ0v) is 9.81. The van der Waals surface area contributed by atoms with Crippen LogP contribution in [0.3, 0.4) is 0 Å². The van der Waals surface area contributed by atoms with Crippen molar-refractivity contribution in [2.45, 2.75) is 32.2 Å². The van der Waals surface area contributed by atoms with Crippen LogP contribution in [0.2, 0.25) is 0 Å². The summed E-state index contributed by atoms with van der Waals surface area (Å²) in [6.45, 7) is 2.85. The van der Waals surface area contributed by atoms with Crippen molar-refractivity contribution in [1.29, 1.82) is 0 Å². The van der Waals surface area contributed by atoms with Gasteiger partial charge >= 0.3 is 11.9 Å². The van der Waals surface area contributed by atoms with Crippen LogP contribution in [0.1, 0.15) is 26.2 Å². The smallest absolute Gasteiger partial charge is 0.323 e. The standard InChI is InChI=1S/C11H19NO4/c1-8(10(13)14)7-12-6-4-3-5-9(12)11(15)16-2/h8-9H,3-7H2,1-2H3,(H,13,14)/t8?,9-/m1/s1. The fourth-order valence-corrected chi connectivity index (χ4v) is 2.04. The van der Waals surface area contributed by atoms with Gasteiger partial charge in [-0.25, -0.2) is 0 Å². The lowest BCUT2D eigenvalue weighted by Crippen LogP contribution is -2.47. The zero-order chi connectivity index (χ0) is 12.1. The van der Waals surface area contributed by atoms with E-state index in [0.717, 1.165) is 25.8 Å². The summed E-state index contributed by atoms with van der Waals surface area (Å²) in [7, 11) is 1.37. The molecule has 5 heteroatoms. The molecule has 16 heavy (non-hydrogen) atoms. The highest BCUT2D eigenvalue weighted by atomic mass is 16.5. The Labute approximate surface area is 95.4 Å². The Bertz CT molecular complexity index is 267. The van der Waals surface area contributed by atoms with E-state index in [1.807, 2.05) is 4.90 Å². The maximum Gasteiger partial charge on any atom is 0.323 e. The van der Waals surface area contributed by atoms with Crippen molar-refractivity contribution < 1.29 is 19.4 Å². The summed E-state index contributed by atoms with van der Waals surface area (Å²) in [5.74, 6) is -1.53. The molecule has 92 valence electrons. The van der Waals surface area contributed by atoms with E-state index >= 15 is 0 Å². The Morgan fingerprint density at radius 3 is 2.75 bits per heavy atom. The van der Waals surface area contributed by atoms with Gasteiger partial charge in [0.25, 0.3) is 0 Å². The Balaban J connectivity index is 2.60. The van der Waals surface area contributed by atoms with E-state index in [2.05, 4.69) is 0 Å². The van der Waals surface area contributed by atoms with Crippen LogP contribution in [0.5, 0.6) is 0 Å². The van der Waals surface area contributed by atoms with Crippen molar-refractivity contribution in [3.63, 3.8) is 0 Å². The van der Waals surface area contributed by atoms with Crippen molar-refractivity contribution in [3.8, 4) is 0 Å². The first kappa shape index (κ1) is 13.0. The maximum atomic E-state index is 11.5. The fraction of sp³-hybridized carbons (Fsp3) is 0.818. The second kappa shape index (κ2) is 5.84. The van der Waals surface area contributed by atoms with Gasteiger partial charge in [0.1, 0.15) is 6.04 Å². The molecule has 0 aromatic heterocycles. The molecule has 1 fully saturated rings. The molecule has 1 unspecified atom stereocenters. The number of rotatable bonds is 4. The molecule has 1 aliphatic heterocycles. The number of aliphatic carboxylic acids is 1. The van der Waals surface area contributed by atoms with Crippen LogP contribution in [0.4, 0.5) is 0 Å². The van der Waals surface area contributed by atoms with Gasteiger partial charge < -0.3 is 9.84 Å². The number of carbonyl (C=O) groups excluding carboxylic acids is 1. The van der Waals surface area contributed by atoms with Gasteiger partial charge in [0.15, 0.2) is 0 Å². The number of piperidine rings is 1. The predicted molar refractivity (Wildman–Crippen MR) is 58.0 cm³/mol. The Hall–Kier alpha value is -1.10. The first-order chi connectivity index (χ1) is 7.56. The summed E-state index contributed by atoms with van der Waals surface area (Å²) >= 11 is 0. The quantitative estimate of drug-likeness (QED) is 0.720. The Morgan fingerprint density at radius 1 is 1.50 bits per heavy atom. The summed E-state index contributed by atoms with van der Waals surface area (Å²) in [5, 5.41) is 8.85. The van der Waals surface area contributed by atoms with Crippen molar-refractivity contribution in [2.24, 2.45) is 5.92 Å². The molecule has 0 bridgehead atoms. The highest BCUT2D eigenvalue weighted by molar-refractivity contribution is 5.76. The molecular weight excluding hydrogens is 210 g/mol. The number of methoxy groups -OCH3 is 1. The van der Waals surface area contributed by atoms with Crippen LogP contribution in [-0.4, -0.2) is 48.2 Å². The molecule has 1 N–H and O–H groups in total. The number of carboxylic acid groups (broad SMARTS) is 1. The van der Waals surface area contributed by atoms with Crippen LogP contribution in [0.15, 0.2) is 0 Å². The van der Waals surface area contributed by atoms with E-state index in [0.29, 0.717) is 6.54 Å². The normalized spacial score (nSPS) is 23.8. The lowest BCUT2D eigenvalue weighted by molar-refractivity contribution is -0.151. The first-order valence-corrected chi connectivity index (χ1v) is 5.61. The van der Waals surface area contributed by atoms with Crippen LogP contribution >= 0.6 is 0 Å². The molecular formula is C11H19NO4. The molecule has 0 spiro atoms. The third kappa shape index (κ3) is 3.20. The van der Waals surface area contributed by atoms with Crippen LogP contribution in [-0.2, 0) is 14.3 Å². The van der Waals surface area contributed by atoms with Gasteiger partial charge in [0.05, 0.1) is 13.0 Å². The lowest BCUT2D eigenvalue weighted by atomic mass is 10.0. The number of carbonyl (C=O) groups is 2. The molecule has 0 amide bonds. The number of likely N-dealkylation sites (tertiary alicyclic amines) is 1. The predicted octanol–water partition coefficient (Wildman–Crippen LogP) is 0.735. The minimum absolute atomic E-state index is 0.253. The van der Waals surface area contributed by atoms with Gasteiger partial charge in [-0.3, -0.25) is 14.5 Å². The number of esters is 1. The molecule has 0 radical (unpaired) electrons. The van der Waals surface area contributed by atoms with Crippen molar-refractivity contribution in [1.82, 2.24) is 4.90 Å². The van der Waals surface area contributed by atoms with E-state index in [9.17, 15) is 9.59 Å². The van der Waals surface area contributed by atoms with Gasteiger partial charge in [-0.15, -0.1) is 0 Å². The van der Waals surface area contributed by atoms with Gasteiger partial charge in [-0.2, -0.15) is 0 Å². The third-order valence-corrected chi connectivity index (χ3v) is 3.02. The van der Waals surface area contributed by atoms with Gasteiger partial charge in [0, 0.05) is 6.54 Å². The summed E-state index contributed by atoms with van der Waals surface area (Å²) < 4.78 is 4.73. The van der Waals surface area contributed by atoms with Crippen molar-refractivity contribution >= 4 is 11.9 Å². The molecule has 0 aromatic carbocycles. The van der Waals surface area contributed by atoms with E-state index in [4.69, 9.17) is 9.84 Å². The van der Waals surface area contributed by atoms with E-state index in [-0.39, 0.29) is 12.0 Å². The molecule has 1 rings (SSSR count). The second-order valence-corrected chi connectivity index (χ2v) is 4.27. The second-order valence-electron chi connectivity index (χ2n) is 4.27. The molecule has 1 saturated heterocycles. The monoisotopic (exact) mass is 229 g/mol. The first-order valence-electron chi connectivity index (χ1n) is 5.61. The molecule has 5 nitrogen and oxygen atoms in total. The highest BCUT2D eigenvalue weighted by Crippen LogP contribution is 2.19. The highest BCUT2D eigenvalue weighted by Gasteiger charge is 2.31. The summed E-state index contributed by atoms with van der Waals surface area (Å²) in [6.07, 6.45) is 2.77. The Kier molecular flexibility index (Phi) is 4.73. The third-order valence-electron chi connectivity index (χ3n) is 3.02. The van der Waals surface area contributed by atoms with Crippen LogP contribution < -0.4 is 0 Å². The molecule has 1 aliphatic rings. The number of ether oxygens (including phenoxy) is 1. The topological polar surface area (TPSA) is 66.8 Å². The number of nitrogens with zero attached hydrogens (tertiary/aromatic N) is 1. The zero-order valence-electron chi connectivity index (χ0n) is 9.81. The van der Waals surface area contributed by atoms with E-state index < -0.39 is 11.9 Å².